The monoisotopic (exact) mass is 236 g/mol. The van der Waals surface area contributed by atoms with Gasteiger partial charge in [0.1, 0.15) is 0 Å². The Bertz CT molecular complexity index is 379. The van der Waals surface area contributed by atoms with Gasteiger partial charge < -0.3 is 15.7 Å². The van der Waals surface area contributed by atoms with Gasteiger partial charge in [-0.2, -0.15) is 0 Å². The molecule has 1 unspecified atom stereocenters. The maximum atomic E-state index is 10.7. The van der Waals surface area contributed by atoms with E-state index in [1.807, 2.05) is 24.3 Å². The molecule has 0 amide bonds. The number of para-hydroxylation sites is 2. The van der Waals surface area contributed by atoms with Crippen LogP contribution >= 0.6 is 0 Å². The molecule has 1 aromatic carbocycles. The van der Waals surface area contributed by atoms with E-state index in [1.165, 1.54) is 0 Å². The van der Waals surface area contributed by atoms with Crippen LogP contribution in [0, 0.1) is 0 Å². The van der Waals surface area contributed by atoms with Crippen LogP contribution < -0.4 is 10.6 Å². The summed E-state index contributed by atoms with van der Waals surface area (Å²) in [6, 6.07) is 7.85. The number of carboxylic acid groups (broad SMARTS) is 1. The van der Waals surface area contributed by atoms with Crippen LogP contribution in [0.1, 0.15) is 26.7 Å². The second-order valence-electron chi connectivity index (χ2n) is 4.15. The fraction of sp³-hybridized carbons (Fsp3) is 0.462. The number of hydrogen-bond acceptors (Lipinski definition) is 3. The van der Waals surface area contributed by atoms with Crippen LogP contribution in [0.5, 0.6) is 0 Å². The number of anilines is 2. The first-order valence-electron chi connectivity index (χ1n) is 5.89. The fourth-order valence-electron chi connectivity index (χ4n) is 1.76. The number of rotatable bonds is 6. The number of aliphatic carboxylic acids is 1. The van der Waals surface area contributed by atoms with Gasteiger partial charge in [0.05, 0.1) is 17.8 Å². The first kappa shape index (κ1) is 13.4. The quantitative estimate of drug-likeness (QED) is 0.744. The number of nitrogens with zero attached hydrogens (tertiary/aromatic N) is 1. The summed E-state index contributed by atoms with van der Waals surface area (Å²) in [5.74, 6) is -0.784. The summed E-state index contributed by atoms with van der Waals surface area (Å²) >= 11 is 0. The van der Waals surface area contributed by atoms with Crippen molar-refractivity contribution in [1.82, 2.24) is 0 Å². The summed E-state index contributed by atoms with van der Waals surface area (Å²) < 4.78 is 0. The molecule has 17 heavy (non-hydrogen) atoms. The summed E-state index contributed by atoms with van der Waals surface area (Å²) in [7, 11) is 0. The van der Waals surface area contributed by atoms with E-state index < -0.39 is 5.97 Å². The third-order valence-corrected chi connectivity index (χ3v) is 2.94. The van der Waals surface area contributed by atoms with Crippen LogP contribution in [-0.2, 0) is 4.79 Å². The molecule has 0 saturated carbocycles. The molecule has 4 heteroatoms. The lowest BCUT2D eigenvalue weighted by Gasteiger charge is -2.31. The Morgan fingerprint density at radius 3 is 2.65 bits per heavy atom. The Kier molecular flexibility index (Phi) is 4.82. The van der Waals surface area contributed by atoms with E-state index in [-0.39, 0.29) is 12.5 Å². The molecule has 1 aromatic rings. The zero-order valence-electron chi connectivity index (χ0n) is 10.4. The first-order valence-corrected chi connectivity index (χ1v) is 5.89. The van der Waals surface area contributed by atoms with E-state index in [2.05, 4.69) is 18.7 Å². The summed E-state index contributed by atoms with van der Waals surface area (Å²) in [5, 5.41) is 8.78. The van der Waals surface area contributed by atoms with Crippen LogP contribution in [0.25, 0.3) is 0 Å². The lowest BCUT2D eigenvalue weighted by molar-refractivity contribution is -0.136. The van der Waals surface area contributed by atoms with Crippen molar-refractivity contribution in [2.24, 2.45) is 0 Å². The minimum atomic E-state index is -0.784. The van der Waals surface area contributed by atoms with Crippen molar-refractivity contribution >= 4 is 17.3 Å². The van der Waals surface area contributed by atoms with Crippen molar-refractivity contribution in [3.05, 3.63) is 24.3 Å². The highest BCUT2D eigenvalue weighted by Gasteiger charge is 2.15. The predicted molar refractivity (Wildman–Crippen MR) is 70.2 cm³/mol. The fourth-order valence-corrected chi connectivity index (χ4v) is 1.76. The molecule has 94 valence electrons. The highest BCUT2D eigenvalue weighted by molar-refractivity contribution is 5.70. The Balaban J connectivity index is 2.90. The second kappa shape index (κ2) is 6.13. The van der Waals surface area contributed by atoms with Gasteiger partial charge in [0, 0.05) is 12.6 Å². The lowest BCUT2D eigenvalue weighted by Crippen LogP contribution is -2.35. The van der Waals surface area contributed by atoms with Gasteiger partial charge in [0.15, 0.2) is 0 Å². The molecular weight excluding hydrogens is 216 g/mol. The number of carboxylic acids is 1. The van der Waals surface area contributed by atoms with Gasteiger partial charge in [-0.1, -0.05) is 19.1 Å². The minimum absolute atomic E-state index is 0.124. The molecule has 0 spiro atoms. The molecule has 0 fully saturated rings. The van der Waals surface area contributed by atoms with Crippen LogP contribution in [-0.4, -0.2) is 23.7 Å². The van der Waals surface area contributed by atoms with E-state index in [1.54, 1.807) is 0 Å². The standard InChI is InChI=1S/C13H20N2O2/c1-3-10(2)15(9-8-13(16)17)12-7-5-4-6-11(12)14/h4-7,10H,3,8-9,14H2,1-2H3,(H,16,17). The van der Waals surface area contributed by atoms with Crippen LogP contribution in [0.3, 0.4) is 0 Å². The van der Waals surface area contributed by atoms with E-state index in [0.29, 0.717) is 12.2 Å². The van der Waals surface area contributed by atoms with Gasteiger partial charge in [-0.15, -0.1) is 0 Å². The van der Waals surface area contributed by atoms with Gasteiger partial charge in [-0.05, 0) is 25.5 Å². The molecule has 0 bridgehead atoms. The van der Waals surface area contributed by atoms with Gasteiger partial charge in [-0.25, -0.2) is 0 Å². The average Bonchev–Trinajstić information content (AvgIpc) is 2.30. The van der Waals surface area contributed by atoms with E-state index in [0.717, 1.165) is 12.1 Å². The summed E-state index contributed by atoms with van der Waals surface area (Å²) in [5.41, 5.74) is 7.54. The molecule has 0 aliphatic carbocycles. The molecular formula is C13H20N2O2. The summed E-state index contributed by atoms with van der Waals surface area (Å²) in [6.07, 6.45) is 1.08. The van der Waals surface area contributed by atoms with E-state index in [9.17, 15) is 4.79 Å². The Morgan fingerprint density at radius 2 is 2.12 bits per heavy atom. The minimum Gasteiger partial charge on any atom is -0.481 e. The number of nitrogens with two attached hydrogens (primary N) is 1. The van der Waals surface area contributed by atoms with Gasteiger partial charge in [0.25, 0.3) is 0 Å². The molecule has 0 radical (unpaired) electrons. The third-order valence-electron chi connectivity index (χ3n) is 2.94. The average molecular weight is 236 g/mol. The zero-order chi connectivity index (χ0) is 12.8. The van der Waals surface area contributed by atoms with Crippen molar-refractivity contribution in [2.45, 2.75) is 32.7 Å². The van der Waals surface area contributed by atoms with Crippen molar-refractivity contribution in [1.29, 1.82) is 0 Å². The topological polar surface area (TPSA) is 66.6 Å². The summed E-state index contributed by atoms with van der Waals surface area (Å²) in [4.78, 5) is 12.7. The van der Waals surface area contributed by atoms with Gasteiger partial charge >= 0.3 is 5.97 Å². The van der Waals surface area contributed by atoms with Gasteiger partial charge in [0.2, 0.25) is 0 Å². The maximum absolute atomic E-state index is 10.7. The van der Waals surface area contributed by atoms with Crippen molar-refractivity contribution < 1.29 is 9.90 Å². The number of nitrogen functional groups attached to an aromatic ring is 1. The third kappa shape index (κ3) is 3.66. The molecule has 4 nitrogen and oxygen atoms in total. The Hall–Kier alpha value is -1.71. The lowest BCUT2D eigenvalue weighted by atomic mass is 10.1. The SMILES string of the molecule is CCC(C)N(CCC(=O)O)c1ccccc1N. The first-order chi connectivity index (χ1) is 8.06. The smallest absolute Gasteiger partial charge is 0.305 e. The summed E-state index contributed by atoms with van der Waals surface area (Å²) in [6.45, 7) is 4.64. The van der Waals surface area contributed by atoms with E-state index >= 15 is 0 Å². The number of carbonyl (C=O) groups is 1. The van der Waals surface area contributed by atoms with Crippen LogP contribution in [0.15, 0.2) is 24.3 Å². The highest BCUT2D eigenvalue weighted by atomic mass is 16.4. The maximum Gasteiger partial charge on any atom is 0.305 e. The normalized spacial score (nSPS) is 12.1. The molecule has 0 saturated heterocycles. The van der Waals surface area contributed by atoms with E-state index in [4.69, 9.17) is 10.8 Å². The molecule has 0 aromatic heterocycles. The molecule has 0 aliphatic heterocycles. The van der Waals surface area contributed by atoms with Crippen molar-refractivity contribution in [3.8, 4) is 0 Å². The molecule has 3 N–H and O–H groups in total. The Labute approximate surface area is 102 Å². The molecule has 0 heterocycles. The molecule has 0 aliphatic rings. The molecule has 1 atom stereocenters. The molecule has 1 rings (SSSR count). The van der Waals surface area contributed by atoms with Crippen molar-refractivity contribution in [3.63, 3.8) is 0 Å². The number of hydrogen-bond donors (Lipinski definition) is 2. The van der Waals surface area contributed by atoms with Crippen LogP contribution in [0.2, 0.25) is 0 Å². The Morgan fingerprint density at radius 1 is 1.47 bits per heavy atom. The highest BCUT2D eigenvalue weighted by Crippen LogP contribution is 2.25. The zero-order valence-corrected chi connectivity index (χ0v) is 10.4. The second-order valence-corrected chi connectivity index (χ2v) is 4.15. The van der Waals surface area contributed by atoms with Crippen LogP contribution in [0.4, 0.5) is 11.4 Å². The van der Waals surface area contributed by atoms with Crippen molar-refractivity contribution in [2.75, 3.05) is 17.2 Å². The number of benzene rings is 1. The van der Waals surface area contributed by atoms with Gasteiger partial charge in [-0.3, -0.25) is 4.79 Å². The predicted octanol–water partition coefficient (Wildman–Crippen LogP) is 2.35. The largest absolute Gasteiger partial charge is 0.481 e.